The number of nitrogens with zero attached hydrogens (tertiary/aromatic N) is 2. The molecule has 0 fully saturated rings. The molecule has 0 aliphatic rings. The first kappa shape index (κ1) is 15.2. The number of rotatable bonds is 6. The molecule has 0 spiro atoms. The lowest BCUT2D eigenvalue weighted by atomic mass is 10.2. The van der Waals surface area contributed by atoms with Crippen molar-refractivity contribution in [1.29, 1.82) is 0 Å². The van der Waals surface area contributed by atoms with Crippen molar-refractivity contribution in [3.05, 3.63) is 58.1 Å². The van der Waals surface area contributed by atoms with E-state index in [9.17, 15) is 4.79 Å². The Kier molecular flexibility index (Phi) is 4.68. The van der Waals surface area contributed by atoms with Crippen LogP contribution in [-0.4, -0.2) is 16.1 Å². The number of amides is 1. The van der Waals surface area contributed by atoms with Crippen molar-refractivity contribution < 1.29 is 9.21 Å². The van der Waals surface area contributed by atoms with Crippen molar-refractivity contribution in [3.8, 4) is 0 Å². The van der Waals surface area contributed by atoms with E-state index in [0.29, 0.717) is 24.9 Å². The fraction of sp³-hybridized carbons (Fsp3) is 0.188. The first-order valence-corrected chi connectivity index (χ1v) is 8.08. The summed E-state index contributed by atoms with van der Waals surface area (Å²) in [4.78, 5) is 11.2. The molecular formula is C16H16N4O2S. The zero-order valence-corrected chi connectivity index (χ0v) is 13.4. The van der Waals surface area contributed by atoms with Crippen LogP contribution in [0.15, 0.2) is 45.5 Å². The summed E-state index contributed by atoms with van der Waals surface area (Å²) in [5.41, 5.74) is 2.87. The number of thiophene rings is 1. The van der Waals surface area contributed by atoms with Gasteiger partial charge in [0.25, 0.3) is 0 Å². The van der Waals surface area contributed by atoms with Gasteiger partial charge in [-0.05, 0) is 34.0 Å². The molecular weight excluding hydrogens is 312 g/mol. The van der Waals surface area contributed by atoms with Crippen molar-refractivity contribution in [2.24, 2.45) is 0 Å². The Labute approximate surface area is 137 Å². The number of carbonyl (C=O) groups is 1. The molecule has 118 valence electrons. The van der Waals surface area contributed by atoms with E-state index in [1.54, 1.807) is 11.3 Å². The molecule has 0 aliphatic heterocycles. The maximum Gasteiger partial charge on any atom is 0.315 e. The predicted molar refractivity (Wildman–Crippen MR) is 89.5 cm³/mol. The average molecular weight is 328 g/mol. The molecule has 7 heteroatoms. The molecule has 1 aromatic carbocycles. The second-order valence-electron chi connectivity index (χ2n) is 5.00. The number of carbonyl (C=O) groups excluding carboxylic acids is 1. The highest BCUT2D eigenvalue weighted by molar-refractivity contribution is 7.07. The van der Waals surface area contributed by atoms with Gasteiger partial charge < -0.3 is 15.1 Å². The standard InChI is InChI=1S/C16H16N4O2S/c1-11(21)18-14-5-3-2-4-13(14)9-17-16-20-19-15(22-16)8-12-6-7-23-10-12/h2-7,10H,8-9H2,1H3,(H,17,20)(H,18,21). The molecule has 0 saturated heterocycles. The van der Waals surface area contributed by atoms with Crippen molar-refractivity contribution >= 4 is 28.9 Å². The van der Waals surface area contributed by atoms with Gasteiger partial charge in [0.1, 0.15) is 0 Å². The second-order valence-corrected chi connectivity index (χ2v) is 5.78. The summed E-state index contributed by atoms with van der Waals surface area (Å²) in [7, 11) is 0. The topological polar surface area (TPSA) is 80.0 Å². The summed E-state index contributed by atoms with van der Waals surface area (Å²) in [5.74, 6) is 0.467. The summed E-state index contributed by atoms with van der Waals surface area (Å²) >= 11 is 1.64. The van der Waals surface area contributed by atoms with Crippen LogP contribution in [0.4, 0.5) is 11.7 Å². The van der Waals surface area contributed by atoms with Crippen LogP contribution >= 0.6 is 11.3 Å². The van der Waals surface area contributed by atoms with Gasteiger partial charge in [0, 0.05) is 19.2 Å². The lowest BCUT2D eigenvalue weighted by molar-refractivity contribution is -0.114. The fourth-order valence-corrected chi connectivity index (χ4v) is 2.79. The summed E-state index contributed by atoms with van der Waals surface area (Å²) in [6.45, 7) is 1.97. The van der Waals surface area contributed by atoms with Crippen LogP contribution in [0, 0.1) is 0 Å². The molecule has 3 aromatic rings. The summed E-state index contributed by atoms with van der Waals surface area (Å²) in [5, 5.41) is 18.0. The Morgan fingerprint density at radius 1 is 1.26 bits per heavy atom. The lowest BCUT2D eigenvalue weighted by Crippen LogP contribution is -2.10. The average Bonchev–Trinajstić information content (AvgIpc) is 3.18. The highest BCUT2D eigenvalue weighted by Crippen LogP contribution is 2.18. The summed E-state index contributed by atoms with van der Waals surface area (Å²) < 4.78 is 5.58. The van der Waals surface area contributed by atoms with Crippen molar-refractivity contribution in [3.63, 3.8) is 0 Å². The fourth-order valence-electron chi connectivity index (χ4n) is 2.12. The number of anilines is 2. The minimum atomic E-state index is -0.103. The zero-order valence-electron chi connectivity index (χ0n) is 12.6. The molecule has 1 amide bonds. The third-order valence-electron chi connectivity index (χ3n) is 3.16. The quantitative estimate of drug-likeness (QED) is 0.726. The monoisotopic (exact) mass is 328 g/mol. The molecule has 0 atom stereocenters. The lowest BCUT2D eigenvalue weighted by Gasteiger charge is -2.09. The number of hydrogen-bond donors (Lipinski definition) is 2. The number of aromatic nitrogens is 2. The molecule has 3 rings (SSSR count). The molecule has 2 N–H and O–H groups in total. The van der Waals surface area contributed by atoms with E-state index in [2.05, 4.69) is 26.2 Å². The Balaban J connectivity index is 1.63. The summed E-state index contributed by atoms with van der Waals surface area (Å²) in [6.07, 6.45) is 0.626. The Hall–Kier alpha value is -2.67. The van der Waals surface area contributed by atoms with Crippen LogP contribution < -0.4 is 10.6 Å². The third-order valence-corrected chi connectivity index (χ3v) is 3.89. The SMILES string of the molecule is CC(=O)Nc1ccccc1CNc1nnc(Cc2ccsc2)o1. The molecule has 6 nitrogen and oxygen atoms in total. The van der Waals surface area contributed by atoms with E-state index in [1.165, 1.54) is 6.92 Å². The van der Waals surface area contributed by atoms with Crippen molar-refractivity contribution in [2.75, 3.05) is 10.6 Å². The van der Waals surface area contributed by atoms with Crippen LogP contribution in [0.3, 0.4) is 0 Å². The molecule has 0 bridgehead atoms. The molecule has 0 unspecified atom stereocenters. The normalized spacial score (nSPS) is 10.5. The predicted octanol–water partition coefficient (Wildman–Crippen LogP) is 3.29. The summed E-state index contributed by atoms with van der Waals surface area (Å²) in [6, 6.07) is 9.98. The molecule has 0 aliphatic carbocycles. The number of hydrogen-bond acceptors (Lipinski definition) is 6. The number of benzene rings is 1. The van der Waals surface area contributed by atoms with Crippen LogP contribution in [0.2, 0.25) is 0 Å². The Morgan fingerprint density at radius 2 is 2.13 bits per heavy atom. The highest BCUT2D eigenvalue weighted by atomic mass is 32.1. The van der Waals surface area contributed by atoms with Crippen molar-refractivity contribution in [2.45, 2.75) is 19.9 Å². The first-order chi connectivity index (χ1) is 11.2. The smallest absolute Gasteiger partial charge is 0.315 e. The van der Waals surface area contributed by atoms with Crippen LogP contribution in [0.5, 0.6) is 0 Å². The minimum absolute atomic E-state index is 0.103. The Bertz CT molecular complexity index is 783. The molecule has 23 heavy (non-hydrogen) atoms. The van der Waals surface area contributed by atoms with Gasteiger partial charge in [0.05, 0.1) is 6.42 Å². The van der Waals surface area contributed by atoms with Gasteiger partial charge in [0.2, 0.25) is 11.8 Å². The Morgan fingerprint density at radius 3 is 2.91 bits per heavy atom. The second kappa shape index (κ2) is 7.06. The first-order valence-electron chi connectivity index (χ1n) is 7.13. The van der Waals surface area contributed by atoms with Gasteiger partial charge in [-0.15, -0.1) is 5.10 Å². The van der Waals surface area contributed by atoms with E-state index >= 15 is 0 Å². The van der Waals surface area contributed by atoms with E-state index in [0.717, 1.165) is 16.8 Å². The van der Waals surface area contributed by atoms with E-state index < -0.39 is 0 Å². The zero-order chi connectivity index (χ0) is 16.1. The maximum absolute atomic E-state index is 11.2. The molecule has 0 saturated carbocycles. The third kappa shape index (κ3) is 4.17. The maximum atomic E-state index is 11.2. The van der Waals surface area contributed by atoms with Gasteiger partial charge in [-0.25, -0.2) is 0 Å². The van der Waals surface area contributed by atoms with Gasteiger partial charge in [-0.2, -0.15) is 11.3 Å². The van der Waals surface area contributed by atoms with Gasteiger partial charge in [0.15, 0.2) is 0 Å². The molecule has 0 radical (unpaired) electrons. The number of nitrogens with one attached hydrogen (secondary N) is 2. The van der Waals surface area contributed by atoms with Gasteiger partial charge in [-0.1, -0.05) is 23.3 Å². The number of para-hydroxylation sites is 1. The molecule has 2 heterocycles. The highest BCUT2D eigenvalue weighted by Gasteiger charge is 2.08. The van der Waals surface area contributed by atoms with Crippen LogP contribution in [0.1, 0.15) is 23.9 Å². The van der Waals surface area contributed by atoms with Crippen LogP contribution in [-0.2, 0) is 17.8 Å². The minimum Gasteiger partial charge on any atom is -0.408 e. The van der Waals surface area contributed by atoms with E-state index in [1.807, 2.05) is 35.7 Å². The largest absolute Gasteiger partial charge is 0.408 e. The van der Waals surface area contributed by atoms with E-state index in [4.69, 9.17) is 4.42 Å². The van der Waals surface area contributed by atoms with E-state index in [-0.39, 0.29) is 5.91 Å². The van der Waals surface area contributed by atoms with Crippen LogP contribution in [0.25, 0.3) is 0 Å². The van der Waals surface area contributed by atoms with Crippen molar-refractivity contribution in [1.82, 2.24) is 10.2 Å². The molecule has 2 aromatic heterocycles. The van der Waals surface area contributed by atoms with Gasteiger partial charge >= 0.3 is 6.01 Å². The van der Waals surface area contributed by atoms with Gasteiger partial charge in [-0.3, -0.25) is 4.79 Å².